The highest BCUT2D eigenvalue weighted by molar-refractivity contribution is 5.77. The van der Waals surface area contributed by atoms with Gasteiger partial charge in [-0.1, -0.05) is 146 Å². The molecule has 31 heavy (non-hydrogen) atoms. The van der Waals surface area contributed by atoms with E-state index in [0.29, 0.717) is 6.61 Å². The molecular weight excluding hydrogens is 382 g/mol. The van der Waals surface area contributed by atoms with Gasteiger partial charge in [0.15, 0.2) is 0 Å². The molecule has 0 aliphatic heterocycles. The van der Waals surface area contributed by atoms with Crippen molar-refractivity contribution in [2.75, 3.05) is 6.61 Å². The Bertz CT molecular complexity index is 517. The highest BCUT2D eigenvalue weighted by Gasteiger charge is 2.16. The van der Waals surface area contributed by atoms with Crippen molar-refractivity contribution in [2.45, 2.75) is 129 Å². The van der Waals surface area contributed by atoms with Crippen LogP contribution in [0.15, 0.2) is 30.3 Å². The van der Waals surface area contributed by atoms with Gasteiger partial charge in [0.25, 0.3) is 0 Å². The summed E-state index contributed by atoms with van der Waals surface area (Å²) in [5, 5.41) is 0. The molecule has 3 nitrogen and oxygen atoms in total. The smallest absolute Gasteiger partial charge is 0.327 e. The quantitative estimate of drug-likeness (QED) is 0.157. The van der Waals surface area contributed by atoms with Gasteiger partial charge in [-0.05, 0) is 12.0 Å². The largest absolute Gasteiger partial charge is 0.464 e. The maximum absolute atomic E-state index is 12.0. The second kappa shape index (κ2) is 20.5. The fraction of sp³-hybridized carbons (Fsp3) is 0.750. The minimum absolute atomic E-state index is 0.321. The Morgan fingerprint density at radius 3 is 1.48 bits per heavy atom. The van der Waals surface area contributed by atoms with Crippen molar-refractivity contribution >= 4 is 5.97 Å². The molecule has 1 rings (SSSR count). The summed E-state index contributed by atoms with van der Waals surface area (Å²) in [5.74, 6) is -0.321. The Morgan fingerprint density at radius 1 is 0.677 bits per heavy atom. The van der Waals surface area contributed by atoms with Crippen LogP contribution in [0.3, 0.4) is 0 Å². The molecule has 1 atom stereocenters. The van der Waals surface area contributed by atoms with Crippen molar-refractivity contribution in [3.63, 3.8) is 0 Å². The van der Waals surface area contributed by atoms with E-state index in [1.54, 1.807) is 0 Å². The highest BCUT2D eigenvalue weighted by Crippen LogP contribution is 2.15. The van der Waals surface area contributed by atoms with E-state index in [9.17, 15) is 4.79 Å². The first-order valence-corrected chi connectivity index (χ1v) is 13.2. The number of carbonyl (C=O) groups is 1. The summed E-state index contributed by atoms with van der Waals surface area (Å²) in [6, 6.07) is 8.75. The summed E-state index contributed by atoms with van der Waals surface area (Å²) in [4.78, 5) is 12.0. The summed E-state index contributed by atoms with van der Waals surface area (Å²) >= 11 is 0. The molecule has 0 saturated carbocycles. The lowest BCUT2D eigenvalue weighted by Gasteiger charge is -2.11. The van der Waals surface area contributed by atoms with Gasteiger partial charge in [-0.2, -0.15) is 0 Å². The number of benzene rings is 1. The lowest BCUT2D eigenvalue weighted by molar-refractivity contribution is -0.145. The van der Waals surface area contributed by atoms with Gasteiger partial charge in [0.2, 0.25) is 0 Å². The Morgan fingerprint density at radius 2 is 1.06 bits per heavy atom. The molecule has 178 valence electrons. The standard InChI is InChI=1S/C28H49NO2/c1-2-3-4-5-6-7-8-9-10-11-12-13-14-15-16-17-18-22-25-31-28(30)27(29)26-23-20-19-21-24-26/h19-21,23-24,27H,2-18,22,25,29H2,1H3/t27-/m0/s1. The van der Waals surface area contributed by atoms with Crippen molar-refractivity contribution in [1.29, 1.82) is 0 Å². The number of nitrogens with two attached hydrogens (primary N) is 1. The minimum Gasteiger partial charge on any atom is -0.464 e. The predicted octanol–water partition coefficient (Wildman–Crippen LogP) is 8.27. The summed E-state index contributed by atoms with van der Waals surface area (Å²) in [5.41, 5.74) is 6.76. The molecule has 1 aromatic rings. The maximum atomic E-state index is 12.0. The molecule has 0 amide bonds. The van der Waals surface area contributed by atoms with E-state index in [1.807, 2.05) is 30.3 Å². The molecule has 0 saturated heterocycles. The van der Waals surface area contributed by atoms with E-state index < -0.39 is 6.04 Å². The second-order valence-corrected chi connectivity index (χ2v) is 9.07. The molecule has 0 fully saturated rings. The maximum Gasteiger partial charge on any atom is 0.327 e. The van der Waals surface area contributed by atoms with Gasteiger partial charge in [0.1, 0.15) is 6.04 Å². The Balaban J connectivity index is 1.77. The van der Waals surface area contributed by atoms with Crippen LogP contribution in [0, 0.1) is 0 Å². The summed E-state index contributed by atoms with van der Waals surface area (Å²) in [6.07, 6.45) is 24.4. The molecule has 0 spiro atoms. The van der Waals surface area contributed by atoms with E-state index in [2.05, 4.69) is 6.92 Å². The Hall–Kier alpha value is -1.35. The first-order chi connectivity index (χ1) is 15.3. The van der Waals surface area contributed by atoms with Crippen molar-refractivity contribution in [3.8, 4) is 0 Å². The third-order valence-corrected chi connectivity index (χ3v) is 6.15. The van der Waals surface area contributed by atoms with E-state index in [0.717, 1.165) is 18.4 Å². The topological polar surface area (TPSA) is 52.3 Å². The Kier molecular flexibility index (Phi) is 18.3. The number of unbranched alkanes of at least 4 members (excludes halogenated alkanes) is 17. The minimum atomic E-state index is -0.670. The molecule has 2 N–H and O–H groups in total. The van der Waals surface area contributed by atoms with E-state index in [-0.39, 0.29) is 5.97 Å². The lowest BCUT2D eigenvalue weighted by Crippen LogP contribution is -2.24. The van der Waals surface area contributed by atoms with Crippen molar-refractivity contribution < 1.29 is 9.53 Å². The van der Waals surface area contributed by atoms with Crippen LogP contribution in [0.4, 0.5) is 0 Å². The zero-order valence-electron chi connectivity index (χ0n) is 20.3. The lowest BCUT2D eigenvalue weighted by atomic mass is 10.0. The first kappa shape index (κ1) is 27.7. The van der Waals surface area contributed by atoms with Gasteiger partial charge in [0, 0.05) is 0 Å². The third kappa shape index (κ3) is 16.0. The molecule has 0 aromatic heterocycles. The molecule has 0 heterocycles. The van der Waals surface area contributed by atoms with Crippen molar-refractivity contribution in [3.05, 3.63) is 35.9 Å². The number of hydrogen-bond donors (Lipinski definition) is 1. The Labute approximate surface area is 192 Å². The van der Waals surface area contributed by atoms with Gasteiger partial charge in [0.05, 0.1) is 6.61 Å². The average Bonchev–Trinajstić information content (AvgIpc) is 2.80. The summed E-state index contributed by atoms with van der Waals surface area (Å²) in [7, 11) is 0. The molecule has 3 heteroatoms. The third-order valence-electron chi connectivity index (χ3n) is 6.15. The van der Waals surface area contributed by atoms with Crippen LogP contribution in [-0.2, 0) is 9.53 Å². The molecular formula is C28H49NO2. The normalized spacial score (nSPS) is 12.1. The number of hydrogen-bond acceptors (Lipinski definition) is 3. The van der Waals surface area contributed by atoms with E-state index in [4.69, 9.17) is 10.5 Å². The van der Waals surface area contributed by atoms with Gasteiger partial charge in [-0.25, -0.2) is 4.79 Å². The number of carbonyl (C=O) groups excluding carboxylic acids is 1. The molecule has 0 bridgehead atoms. The average molecular weight is 432 g/mol. The fourth-order valence-electron chi connectivity index (χ4n) is 4.06. The fourth-order valence-corrected chi connectivity index (χ4v) is 4.06. The summed E-state index contributed by atoms with van der Waals surface area (Å²) < 4.78 is 5.32. The van der Waals surface area contributed by atoms with Crippen LogP contribution >= 0.6 is 0 Å². The van der Waals surface area contributed by atoms with Gasteiger partial charge >= 0.3 is 5.97 Å². The second-order valence-electron chi connectivity index (χ2n) is 9.07. The van der Waals surface area contributed by atoms with Crippen molar-refractivity contribution in [2.24, 2.45) is 5.73 Å². The highest BCUT2D eigenvalue weighted by atomic mass is 16.5. The van der Waals surface area contributed by atoms with Crippen LogP contribution in [-0.4, -0.2) is 12.6 Å². The molecule has 0 aliphatic carbocycles. The summed E-state index contributed by atoms with van der Waals surface area (Å²) in [6.45, 7) is 2.77. The zero-order chi connectivity index (χ0) is 22.4. The van der Waals surface area contributed by atoms with Gasteiger partial charge in [-0.3, -0.25) is 0 Å². The molecule has 1 aromatic carbocycles. The number of rotatable bonds is 21. The first-order valence-electron chi connectivity index (χ1n) is 13.2. The van der Waals surface area contributed by atoms with Crippen LogP contribution < -0.4 is 5.73 Å². The predicted molar refractivity (Wildman–Crippen MR) is 133 cm³/mol. The van der Waals surface area contributed by atoms with E-state index in [1.165, 1.54) is 103 Å². The van der Waals surface area contributed by atoms with Crippen LogP contribution in [0.25, 0.3) is 0 Å². The van der Waals surface area contributed by atoms with Gasteiger partial charge in [-0.15, -0.1) is 0 Å². The molecule has 0 radical (unpaired) electrons. The van der Waals surface area contributed by atoms with Crippen molar-refractivity contribution in [1.82, 2.24) is 0 Å². The number of ether oxygens (including phenoxy) is 1. The number of esters is 1. The van der Waals surface area contributed by atoms with Crippen LogP contribution in [0.5, 0.6) is 0 Å². The molecule has 0 unspecified atom stereocenters. The SMILES string of the molecule is CCCCCCCCCCCCCCCCCCCCOC(=O)[C@@H](N)c1ccccc1. The molecule has 0 aliphatic rings. The van der Waals surface area contributed by atoms with E-state index >= 15 is 0 Å². The van der Waals surface area contributed by atoms with Crippen LogP contribution in [0.1, 0.15) is 134 Å². The van der Waals surface area contributed by atoms with Gasteiger partial charge < -0.3 is 10.5 Å². The zero-order valence-corrected chi connectivity index (χ0v) is 20.3. The van der Waals surface area contributed by atoms with Crippen LogP contribution in [0.2, 0.25) is 0 Å². The monoisotopic (exact) mass is 431 g/mol.